The van der Waals surface area contributed by atoms with E-state index < -0.39 is 0 Å². The van der Waals surface area contributed by atoms with Crippen molar-refractivity contribution in [1.82, 2.24) is 14.7 Å². The van der Waals surface area contributed by atoms with Crippen LogP contribution in [0.15, 0.2) is 0 Å². The van der Waals surface area contributed by atoms with Crippen LogP contribution in [0.1, 0.15) is 150 Å². The molecule has 0 saturated heterocycles. The number of rotatable bonds is 21. The zero-order valence-electron chi connectivity index (χ0n) is 28.6. The lowest BCUT2D eigenvalue weighted by Crippen LogP contribution is -2.41. The lowest BCUT2D eigenvalue weighted by atomic mass is 10.1. The number of hydrogen-bond donors (Lipinski definition) is 0. The van der Waals surface area contributed by atoms with Crippen LogP contribution in [-0.4, -0.2) is 66.7 Å². The summed E-state index contributed by atoms with van der Waals surface area (Å²) in [4.78, 5) is 8.03. The van der Waals surface area contributed by atoms with Crippen molar-refractivity contribution in [2.45, 2.75) is 156 Å². The van der Waals surface area contributed by atoms with Gasteiger partial charge in [-0.25, -0.2) is 0 Å². The van der Waals surface area contributed by atoms with Gasteiger partial charge in [-0.05, 0) is 127 Å². The van der Waals surface area contributed by atoms with Gasteiger partial charge in [0.05, 0.1) is 6.67 Å². The highest BCUT2D eigenvalue weighted by atomic mass is 15.3. The summed E-state index contributed by atoms with van der Waals surface area (Å²) >= 11 is 0. The molecule has 3 heteroatoms. The molecular formula is C36H83N3. The lowest BCUT2D eigenvalue weighted by Gasteiger charge is -2.32. The summed E-state index contributed by atoms with van der Waals surface area (Å²) in [6.07, 6.45) is 7.94. The monoisotopic (exact) mass is 558 g/mol. The third-order valence-electron chi connectivity index (χ3n) is 7.21. The van der Waals surface area contributed by atoms with Crippen LogP contribution in [0.4, 0.5) is 0 Å². The first-order valence-corrected chi connectivity index (χ1v) is 16.3. The van der Waals surface area contributed by atoms with Crippen LogP contribution in [0, 0.1) is 35.5 Å². The van der Waals surface area contributed by atoms with Crippen LogP contribution in [0.25, 0.3) is 0 Å². The summed E-state index contributed by atoms with van der Waals surface area (Å²) < 4.78 is 0. The molecule has 0 saturated carbocycles. The molecule has 0 aliphatic rings. The Morgan fingerprint density at radius 3 is 0.718 bits per heavy atom. The van der Waals surface area contributed by atoms with Crippen molar-refractivity contribution < 1.29 is 0 Å². The lowest BCUT2D eigenvalue weighted by molar-refractivity contribution is 0.112. The van der Waals surface area contributed by atoms with Gasteiger partial charge in [0, 0.05) is 6.04 Å². The van der Waals surface area contributed by atoms with Gasteiger partial charge in [0.2, 0.25) is 0 Å². The fraction of sp³-hybridized carbons (Fsp3) is 1.00. The molecule has 0 N–H and O–H groups in total. The molecule has 0 fully saturated rings. The number of nitrogens with zero attached hydrogens (tertiary/aromatic N) is 3. The smallest absolute Gasteiger partial charge is 0.0506 e. The number of hydrogen-bond acceptors (Lipinski definition) is 3. The first kappa shape index (κ1) is 45.9. The molecule has 0 rings (SSSR count). The van der Waals surface area contributed by atoms with Gasteiger partial charge in [-0.2, -0.15) is 0 Å². The molecule has 0 amide bonds. The largest absolute Gasteiger partial charge is 0.301 e. The molecule has 0 unspecified atom stereocenters. The maximum absolute atomic E-state index is 2.71. The molecule has 0 heterocycles. The molecule has 0 aromatic heterocycles. The van der Waals surface area contributed by atoms with E-state index in [0.29, 0.717) is 6.04 Å². The van der Waals surface area contributed by atoms with Gasteiger partial charge < -0.3 is 4.90 Å². The SMILES string of the molecule is C.C.CC(C)CCN(CCC(C)C)C(C)C.CC(C)CCN(CCC(C)C)CN(CCC(C)C)CCC(C)C. The highest BCUT2D eigenvalue weighted by Crippen LogP contribution is 2.12. The molecule has 0 aliphatic carbocycles. The fourth-order valence-corrected chi connectivity index (χ4v) is 4.03. The third kappa shape index (κ3) is 34.0. The Morgan fingerprint density at radius 2 is 0.538 bits per heavy atom. The molecule has 0 aliphatic heterocycles. The van der Waals surface area contributed by atoms with E-state index in [9.17, 15) is 0 Å². The molecular weight excluding hydrogens is 474 g/mol. The van der Waals surface area contributed by atoms with Crippen molar-refractivity contribution in [1.29, 1.82) is 0 Å². The average molecular weight is 558 g/mol. The summed E-state index contributed by atoms with van der Waals surface area (Å²) in [5, 5.41) is 0. The van der Waals surface area contributed by atoms with Crippen molar-refractivity contribution in [3.05, 3.63) is 0 Å². The van der Waals surface area contributed by atoms with Crippen LogP contribution < -0.4 is 0 Å². The van der Waals surface area contributed by atoms with Gasteiger partial charge >= 0.3 is 0 Å². The standard InChI is InChI=1S/C21H46N2.C13H29N.2CH4/c1-18(2)9-13-22(14-10-19(3)4)17-23(15-11-20(5)6)16-12-21(7)8;1-11(2)7-9-14(13(5)6)10-8-12(3)4;;/h18-21H,9-17H2,1-8H3;11-13H,7-10H2,1-6H3;2*1H4. The minimum Gasteiger partial charge on any atom is -0.301 e. The Hall–Kier alpha value is -0.120. The Labute approximate surface area is 252 Å². The van der Waals surface area contributed by atoms with Gasteiger partial charge in [-0.3, -0.25) is 9.80 Å². The van der Waals surface area contributed by atoms with Gasteiger partial charge in [0.15, 0.2) is 0 Å². The van der Waals surface area contributed by atoms with Crippen molar-refractivity contribution in [3.63, 3.8) is 0 Å². The van der Waals surface area contributed by atoms with Gasteiger partial charge in [-0.1, -0.05) is 97.9 Å². The Balaban J connectivity index is -0.000000332. The highest BCUT2D eigenvalue weighted by Gasteiger charge is 2.14. The maximum Gasteiger partial charge on any atom is 0.0506 e. The first-order chi connectivity index (χ1) is 17.1. The van der Waals surface area contributed by atoms with E-state index in [2.05, 4.69) is 112 Å². The predicted molar refractivity (Wildman–Crippen MR) is 185 cm³/mol. The predicted octanol–water partition coefficient (Wildman–Crippen LogP) is 10.8. The summed E-state index contributed by atoms with van der Waals surface area (Å²) in [5.41, 5.74) is 0. The molecule has 0 spiro atoms. The van der Waals surface area contributed by atoms with E-state index in [4.69, 9.17) is 0 Å². The molecule has 0 bridgehead atoms. The quantitative estimate of drug-likeness (QED) is 0.130. The normalized spacial score (nSPS) is 12.0. The van der Waals surface area contributed by atoms with Crippen molar-refractivity contribution in [3.8, 4) is 0 Å². The van der Waals surface area contributed by atoms with Gasteiger partial charge in [0.1, 0.15) is 0 Å². The van der Waals surface area contributed by atoms with E-state index in [1.165, 1.54) is 84.5 Å². The second kappa shape index (κ2) is 28.0. The maximum atomic E-state index is 2.71. The van der Waals surface area contributed by atoms with E-state index in [0.717, 1.165) is 35.5 Å². The van der Waals surface area contributed by atoms with Crippen LogP contribution in [0.2, 0.25) is 0 Å². The third-order valence-corrected chi connectivity index (χ3v) is 7.21. The van der Waals surface area contributed by atoms with Gasteiger partial charge in [-0.15, -0.1) is 0 Å². The fourth-order valence-electron chi connectivity index (χ4n) is 4.03. The van der Waals surface area contributed by atoms with E-state index >= 15 is 0 Å². The molecule has 0 atom stereocenters. The Kier molecular flexibility index (Phi) is 32.9. The summed E-state index contributed by atoms with van der Waals surface area (Å²) in [7, 11) is 0. The minimum absolute atomic E-state index is 0. The van der Waals surface area contributed by atoms with E-state index in [1.54, 1.807) is 0 Å². The highest BCUT2D eigenvalue weighted by molar-refractivity contribution is 4.67. The molecule has 0 radical (unpaired) electrons. The topological polar surface area (TPSA) is 9.72 Å². The zero-order valence-corrected chi connectivity index (χ0v) is 28.6. The molecule has 3 nitrogen and oxygen atoms in total. The van der Waals surface area contributed by atoms with Crippen molar-refractivity contribution in [2.24, 2.45) is 35.5 Å². The summed E-state index contributed by atoms with van der Waals surface area (Å²) in [5.74, 6) is 4.87. The van der Waals surface area contributed by atoms with Crippen LogP contribution in [0.3, 0.4) is 0 Å². The van der Waals surface area contributed by atoms with Crippen molar-refractivity contribution >= 4 is 0 Å². The zero-order chi connectivity index (χ0) is 29.0. The molecule has 242 valence electrons. The van der Waals surface area contributed by atoms with Crippen LogP contribution in [-0.2, 0) is 0 Å². The second-order valence-corrected chi connectivity index (χ2v) is 14.6. The summed E-state index contributed by atoms with van der Waals surface area (Å²) in [6, 6.07) is 0.701. The van der Waals surface area contributed by atoms with Gasteiger partial charge in [0.25, 0.3) is 0 Å². The Morgan fingerprint density at radius 1 is 0.333 bits per heavy atom. The molecule has 0 aromatic carbocycles. The summed E-state index contributed by atoms with van der Waals surface area (Å²) in [6.45, 7) is 41.3. The second-order valence-electron chi connectivity index (χ2n) is 14.6. The average Bonchev–Trinajstić information content (AvgIpc) is 2.76. The molecule has 0 aromatic rings. The van der Waals surface area contributed by atoms with E-state index in [1.807, 2.05) is 0 Å². The Bertz CT molecular complexity index is 406. The molecule has 39 heavy (non-hydrogen) atoms. The first-order valence-electron chi connectivity index (χ1n) is 16.3. The van der Waals surface area contributed by atoms with E-state index in [-0.39, 0.29) is 14.9 Å². The van der Waals surface area contributed by atoms with Crippen molar-refractivity contribution in [2.75, 3.05) is 45.9 Å². The van der Waals surface area contributed by atoms with Crippen LogP contribution in [0.5, 0.6) is 0 Å². The van der Waals surface area contributed by atoms with Crippen LogP contribution >= 0.6 is 0 Å². The minimum atomic E-state index is 0.